The van der Waals surface area contributed by atoms with Gasteiger partial charge in [0, 0.05) is 18.3 Å². The fraction of sp³-hybridized carbons (Fsp3) is 0.167. The Bertz CT molecular complexity index is 572. The van der Waals surface area contributed by atoms with E-state index in [4.69, 9.17) is 23.2 Å². The van der Waals surface area contributed by atoms with Gasteiger partial charge in [-0.2, -0.15) is 0 Å². The number of hydrogen-bond acceptors (Lipinski definition) is 4. The summed E-state index contributed by atoms with van der Waals surface area (Å²) in [6.45, 7) is 1.94. The minimum Gasteiger partial charge on any atom is -0.373 e. The first-order valence-corrected chi connectivity index (χ1v) is 6.09. The fourth-order valence-corrected chi connectivity index (χ4v) is 1.84. The summed E-state index contributed by atoms with van der Waals surface area (Å²) in [5.74, 6) is 1.51. The molecule has 0 amide bonds. The van der Waals surface area contributed by atoms with Gasteiger partial charge < -0.3 is 10.6 Å². The van der Waals surface area contributed by atoms with E-state index in [1.165, 1.54) is 6.33 Å². The summed E-state index contributed by atoms with van der Waals surface area (Å²) in [6.07, 6.45) is 1.50. The highest BCUT2D eigenvalue weighted by Crippen LogP contribution is 2.28. The van der Waals surface area contributed by atoms with Crippen LogP contribution in [0.4, 0.5) is 17.3 Å². The van der Waals surface area contributed by atoms with E-state index >= 15 is 0 Å². The van der Waals surface area contributed by atoms with E-state index in [0.29, 0.717) is 10.0 Å². The van der Waals surface area contributed by atoms with Gasteiger partial charge in [0.15, 0.2) is 0 Å². The highest BCUT2D eigenvalue weighted by atomic mass is 35.5. The van der Waals surface area contributed by atoms with Gasteiger partial charge in [-0.15, -0.1) is 0 Å². The molecule has 0 unspecified atom stereocenters. The lowest BCUT2D eigenvalue weighted by Gasteiger charge is -2.11. The van der Waals surface area contributed by atoms with Gasteiger partial charge in [0.25, 0.3) is 0 Å². The lowest BCUT2D eigenvalue weighted by molar-refractivity contribution is 1.12. The average molecular weight is 283 g/mol. The van der Waals surface area contributed by atoms with Crippen molar-refractivity contribution < 1.29 is 0 Å². The van der Waals surface area contributed by atoms with E-state index < -0.39 is 0 Å². The molecule has 0 bridgehead atoms. The Hall–Kier alpha value is -1.52. The lowest BCUT2D eigenvalue weighted by Crippen LogP contribution is -2.02. The van der Waals surface area contributed by atoms with Gasteiger partial charge in [-0.05, 0) is 25.1 Å². The second kappa shape index (κ2) is 5.42. The highest BCUT2D eigenvalue weighted by Gasteiger charge is 2.06. The lowest BCUT2D eigenvalue weighted by atomic mass is 10.2. The summed E-state index contributed by atoms with van der Waals surface area (Å²) in [6, 6.07) is 5.33. The molecule has 94 valence electrons. The topological polar surface area (TPSA) is 49.8 Å². The van der Waals surface area contributed by atoms with Crippen molar-refractivity contribution in [3.63, 3.8) is 0 Å². The van der Waals surface area contributed by atoms with Crippen molar-refractivity contribution in [1.82, 2.24) is 9.97 Å². The van der Waals surface area contributed by atoms with Gasteiger partial charge in [-0.1, -0.05) is 23.2 Å². The van der Waals surface area contributed by atoms with Crippen LogP contribution in [0.25, 0.3) is 0 Å². The number of benzene rings is 1. The van der Waals surface area contributed by atoms with Gasteiger partial charge in [0.1, 0.15) is 18.0 Å². The summed E-state index contributed by atoms with van der Waals surface area (Å²) in [5.41, 5.74) is 1.76. The first kappa shape index (κ1) is 12.9. The third-order valence-electron chi connectivity index (χ3n) is 2.50. The molecule has 2 rings (SSSR count). The molecule has 18 heavy (non-hydrogen) atoms. The van der Waals surface area contributed by atoms with Crippen molar-refractivity contribution in [2.24, 2.45) is 0 Å². The van der Waals surface area contributed by atoms with Gasteiger partial charge in [0.2, 0.25) is 0 Å². The molecule has 0 aliphatic rings. The van der Waals surface area contributed by atoms with Crippen molar-refractivity contribution in [2.45, 2.75) is 6.92 Å². The molecule has 1 heterocycles. The molecular formula is C12H12Cl2N4. The first-order valence-electron chi connectivity index (χ1n) is 5.33. The number of rotatable bonds is 3. The Labute approximate surface area is 115 Å². The first-order chi connectivity index (χ1) is 8.61. The minimum absolute atomic E-state index is 0.502. The average Bonchev–Trinajstić information content (AvgIpc) is 2.36. The molecule has 2 aromatic rings. The van der Waals surface area contributed by atoms with E-state index in [2.05, 4.69) is 20.6 Å². The van der Waals surface area contributed by atoms with Crippen molar-refractivity contribution >= 4 is 40.5 Å². The summed E-state index contributed by atoms with van der Waals surface area (Å²) in [5, 5.41) is 7.21. The van der Waals surface area contributed by atoms with Crippen LogP contribution in [-0.2, 0) is 0 Å². The molecule has 2 N–H and O–H groups in total. The third-order valence-corrected chi connectivity index (χ3v) is 3.24. The molecule has 0 atom stereocenters. The van der Waals surface area contributed by atoms with Gasteiger partial charge >= 0.3 is 0 Å². The number of nitrogens with zero attached hydrogens (tertiary/aromatic N) is 2. The molecular weight excluding hydrogens is 271 g/mol. The zero-order valence-corrected chi connectivity index (χ0v) is 11.5. The second-order valence-electron chi connectivity index (χ2n) is 3.70. The van der Waals surface area contributed by atoms with Crippen molar-refractivity contribution in [3.05, 3.63) is 40.1 Å². The Morgan fingerprint density at radius 1 is 1.06 bits per heavy atom. The Morgan fingerprint density at radius 2 is 1.78 bits per heavy atom. The smallest absolute Gasteiger partial charge is 0.138 e. The molecule has 0 saturated carbocycles. The molecule has 0 aliphatic carbocycles. The molecule has 6 heteroatoms. The summed E-state index contributed by atoms with van der Waals surface area (Å²) < 4.78 is 0. The van der Waals surface area contributed by atoms with Crippen LogP contribution in [0, 0.1) is 6.92 Å². The Morgan fingerprint density at radius 3 is 2.44 bits per heavy atom. The molecule has 1 aromatic heterocycles. The summed E-state index contributed by atoms with van der Waals surface area (Å²) in [7, 11) is 1.82. The van der Waals surface area contributed by atoms with E-state index in [9.17, 15) is 0 Å². The van der Waals surface area contributed by atoms with Gasteiger partial charge in [0.05, 0.1) is 10.0 Å². The maximum absolute atomic E-state index is 5.96. The van der Waals surface area contributed by atoms with Crippen LogP contribution in [0.5, 0.6) is 0 Å². The standard InChI is InChI=1S/C12H12Cl2N4/c1-7-11(15-2)16-6-17-12(7)18-8-3-4-9(13)10(14)5-8/h3-6H,1-2H3,(H2,15,16,17,18). The quantitative estimate of drug-likeness (QED) is 0.897. The number of halogens is 2. The fourth-order valence-electron chi connectivity index (χ4n) is 1.54. The number of anilines is 3. The Kier molecular flexibility index (Phi) is 3.89. The van der Waals surface area contributed by atoms with Crippen LogP contribution in [0.15, 0.2) is 24.5 Å². The molecule has 0 saturated heterocycles. The molecule has 0 aliphatic heterocycles. The zero-order chi connectivity index (χ0) is 13.1. The van der Waals surface area contributed by atoms with Crippen LogP contribution in [0.2, 0.25) is 10.0 Å². The van der Waals surface area contributed by atoms with Crippen molar-refractivity contribution in [1.29, 1.82) is 0 Å². The van der Waals surface area contributed by atoms with Crippen molar-refractivity contribution in [2.75, 3.05) is 17.7 Å². The number of aromatic nitrogens is 2. The molecule has 0 radical (unpaired) electrons. The Balaban J connectivity index is 2.31. The minimum atomic E-state index is 0.502. The third kappa shape index (κ3) is 2.66. The predicted octanol–water partition coefficient (Wildman–Crippen LogP) is 3.88. The van der Waals surface area contributed by atoms with E-state index in [0.717, 1.165) is 22.9 Å². The maximum atomic E-state index is 5.96. The zero-order valence-electron chi connectivity index (χ0n) is 9.96. The SMILES string of the molecule is CNc1ncnc(Nc2ccc(Cl)c(Cl)c2)c1C. The number of nitrogens with one attached hydrogen (secondary N) is 2. The van der Waals surface area contributed by atoms with Gasteiger partial charge in [-0.25, -0.2) is 9.97 Å². The van der Waals surface area contributed by atoms with E-state index in [-0.39, 0.29) is 0 Å². The summed E-state index contributed by atoms with van der Waals surface area (Å²) >= 11 is 11.8. The van der Waals surface area contributed by atoms with Crippen LogP contribution in [0.3, 0.4) is 0 Å². The van der Waals surface area contributed by atoms with Crippen LogP contribution in [-0.4, -0.2) is 17.0 Å². The predicted molar refractivity (Wildman–Crippen MR) is 76.1 cm³/mol. The molecule has 0 spiro atoms. The second-order valence-corrected chi connectivity index (χ2v) is 4.51. The van der Waals surface area contributed by atoms with Crippen LogP contribution >= 0.6 is 23.2 Å². The molecule has 0 fully saturated rings. The van der Waals surface area contributed by atoms with Crippen LogP contribution in [0.1, 0.15) is 5.56 Å². The molecule has 1 aromatic carbocycles. The van der Waals surface area contributed by atoms with Crippen molar-refractivity contribution in [3.8, 4) is 0 Å². The number of hydrogen-bond donors (Lipinski definition) is 2. The monoisotopic (exact) mass is 282 g/mol. The largest absolute Gasteiger partial charge is 0.373 e. The molecule has 4 nitrogen and oxygen atoms in total. The van der Waals surface area contributed by atoms with Gasteiger partial charge in [-0.3, -0.25) is 0 Å². The van der Waals surface area contributed by atoms with Crippen LogP contribution < -0.4 is 10.6 Å². The summed E-state index contributed by atoms with van der Waals surface area (Å²) in [4.78, 5) is 8.32. The highest BCUT2D eigenvalue weighted by molar-refractivity contribution is 6.42. The maximum Gasteiger partial charge on any atom is 0.138 e. The van der Waals surface area contributed by atoms with E-state index in [1.54, 1.807) is 12.1 Å². The normalized spacial score (nSPS) is 10.2. The van der Waals surface area contributed by atoms with E-state index in [1.807, 2.05) is 20.0 Å².